The van der Waals surface area contributed by atoms with Crippen LogP contribution in [0.1, 0.15) is 36.8 Å². The standard InChI is InChI=1S/C29H31N5O3/c1-18-12-20(21-6-8-24-22(13-21)14-30-32(24)2)5-7-23(18)26-31-29(9-10-29)28(36)34(26)17-19-15-33(16-19)27(35)25-4-3-11-37-25/h5-8,12-14,19,25H,3-4,9-11,15-17H2,1-2H3/t25-/m0/s1. The van der Waals surface area contributed by atoms with Crippen LogP contribution in [0, 0.1) is 12.8 Å². The Kier molecular flexibility index (Phi) is 5.05. The van der Waals surface area contributed by atoms with Crippen LogP contribution in [0.2, 0.25) is 0 Å². The number of amides is 2. The average molecular weight is 498 g/mol. The number of ether oxygens (including phenoxy) is 1. The Hall–Kier alpha value is -3.52. The summed E-state index contributed by atoms with van der Waals surface area (Å²) in [7, 11) is 1.95. The Balaban J connectivity index is 1.11. The lowest BCUT2D eigenvalue weighted by Crippen LogP contribution is -2.57. The van der Waals surface area contributed by atoms with E-state index < -0.39 is 5.54 Å². The van der Waals surface area contributed by atoms with E-state index in [1.807, 2.05) is 27.7 Å². The van der Waals surface area contributed by atoms with Crippen molar-refractivity contribution in [2.75, 3.05) is 26.2 Å². The molecule has 8 heteroatoms. The molecule has 4 aliphatic rings. The zero-order valence-corrected chi connectivity index (χ0v) is 21.3. The highest BCUT2D eigenvalue weighted by atomic mass is 16.5. The molecule has 1 atom stereocenters. The quantitative estimate of drug-likeness (QED) is 0.542. The van der Waals surface area contributed by atoms with Gasteiger partial charge in [0.15, 0.2) is 0 Å². The van der Waals surface area contributed by atoms with Crippen LogP contribution in [0.3, 0.4) is 0 Å². The van der Waals surface area contributed by atoms with Crippen molar-refractivity contribution in [3.05, 3.63) is 53.7 Å². The van der Waals surface area contributed by atoms with Crippen LogP contribution in [0.25, 0.3) is 22.0 Å². The van der Waals surface area contributed by atoms with Crippen molar-refractivity contribution in [2.24, 2.45) is 18.0 Å². The molecule has 2 saturated heterocycles. The number of aryl methyl sites for hydroxylation is 2. The fraction of sp³-hybridized carbons (Fsp3) is 0.448. The molecule has 0 bridgehead atoms. The Morgan fingerprint density at radius 2 is 1.92 bits per heavy atom. The van der Waals surface area contributed by atoms with E-state index >= 15 is 0 Å². The molecular formula is C29H31N5O3. The summed E-state index contributed by atoms with van der Waals surface area (Å²) in [5, 5.41) is 5.47. The molecule has 1 aromatic heterocycles. The van der Waals surface area contributed by atoms with Gasteiger partial charge in [-0.05, 0) is 61.4 Å². The molecule has 0 N–H and O–H groups in total. The number of hydrogen-bond donors (Lipinski definition) is 0. The van der Waals surface area contributed by atoms with E-state index in [1.165, 1.54) is 0 Å². The highest BCUT2D eigenvalue weighted by molar-refractivity contribution is 6.17. The first-order chi connectivity index (χ1) is 17.9. The summed E-state index contributed by atoms with van der Waals surface area (Å²) in [6.07, 6.45) is 5.02. The second-order valence-corrected chi connectivity index (χ2v) is 11.1. The van der Waals surface area contributed by atoms with Crippen LogP contribution in [0.4, 0.5) is 0 Å². The maximum Gasteiger partial charge on any atom is 0.256 e. The minimum atomic E-state index is -0.553. The van der Waals surface area contributed by atoms with Gasteiger partial charge >= 0.3 is 0 Å². The molecule has 1 spiro atoms. The Morgan fingerprint density at radius 1 is 1.14 bits per heavy atom. The van der Waals surface area contributed by atoms with E-state index in [2.05, 4.69) is 48.4 Å². The number of fused-ring (bicyclic) bond motifs is 1. The summed E-state index contributed by atoms with van der Waals surface area (Å²) < 4.78 is 7.45. The van der Waals surface area contributed by atoms with Gasteiger partial charge in [0.2, 0.25) is 0 Å². The van der Waals surface area contributed by atoms with E-state index in [4.69, 9.17) is 9.73 Å². The summed E-state index contributed by atoms with van der Waals surface area (Å²) in [4.78, 5) is 34.8. The summed E-state index contributed by atoms with van der Waals surface area (Å²) in [6.45, 7) is 4.73. The monoisotopic (exact) mass is 497 g/mol. The molecule has 0 unspecified atom stereocenters. The molecule has 7 rings (SSSR count). The highest BCUT2D eigenvalue weighted by Crippen LogP contribution is 2.46. The number of rotatable bonds is 5. The molecule has 0 radical (unpaired) electrons. The second-order valence-electron chi connectivity index (χ2n) is 11.1. The molecule has 8 nitrogen and oxygen atoms in total. The first-order valence-corrected chi connectivity index (χ1v) is 13.3. The van der Waals surface area contributed by atoms with Crippen molar-refractivity contribution < 1.29 is 14.3 Å². The lowest BCUT2D eigenvalue weighted by atomic mass is 9.96. The number of carbonyl (C=O) groups excluding carboxylic acids is 2. The number of nitrogens with zero attached hydrogens (tertiary/aromatic N) is 5. The largest absolute Gasteiger partial charge is 0.368 e. The number of hydrogen-bond acceptors (Lipinski definition) is 5. The number of carbonyl (C=O) groups is 2. The van der Waals surface area contributed by atoms with Gasteiger partial charge in [-0.15, -0.1) is 0 Å². The second kappa shape index (κ2) is 8.25. The van der Waals surface area contributed by atoms with Gasteiger partial charge in [-0.1, -0.05) is 24.3 Å². The van der Waals surface area contributed by atoms with Gasteiger partial charge in [0, 0.05) is 50.2 Å². The van der Waals surface area contributed by atoms with Crippen molar-refractivity contribution in [3.63, 3.8) is 0 Å². The van der Waals surface area contributed by atoms with Gasteiger partial charge in [-0.25, -0.2) is 0 Å². The molecular weight excluding hydrogens is 466 g/mol. The molecule has 3 aromatic rings. The molecule has 37 heavy (non-hydrogen) atoms. The minimum absolute atomic E-state index is 0.102. The Bertz CT molecular complexity index is 1460. The van der Waals surface area contributed by atoms with Crippen LogP contribution >= 0.6 is 0 Å². The van der Waals surface area contributed by atoms with Crippen molar-refractivity contribution >= 4 is 28.6 Å². The normalized spacial score (nSPS) is 22.7. The van der Waals surface area contributed by atoms with Crippen LogP contribution in [0.15, 0.2) is 47.6 Å². The van der Waals surface area contributed by atoms with Crippen molar-refractivity contribution in [3.8, 4) is 11.1 Å². The summed E-state index contributed by atoms with van der Waals surface area (Å²) >= 11 is 0. The smallest absolute Gasteiger partial charge is 0.256 e. The van der Waals surface area contributed by atoms with Gasteiger partial charge in [-0.3, -0.25) is 24.2 Å². The average Bonchev–Trinajstić information content (AvgIpc) is 3.18. The maximum absolute atomic E-state index is 13.4. The van der Waals surface area contributed by atoms with Gasteiger partial charge < -0.3 is 9.64 Å². The topological polar surface area (TPSA) is 80.0 Å². The molecule has 190 valence electrons. The van der Waals surface area contributed by atoms with Gasteiger partial charge in [-0.2, -0.15) is 5.10 Å². The Morgan fingerprint density at radius 3 is 2.65 bits per heavy atom. The van der Waals surface area contributed by atoms with Crippen LogP contribution < -0.4 is 0 Å². The predicted octanol–water partition coefficient (Wildman–Crippen LogP) is 3.31. The number of amidine groups is 1. The molecule has 3 aliphatic heterocycles. The third-order valence-corrected chi connectivity index (χ3v) is 8.40. The summed E-state index contributed by atoms with van der Waals surface area (Å²) in [5.74, 6) is 1.28. The van der Waals surface area contributed by atoms with Gasteiger partial charge in [0.25, 0.3) is 11.8 Å². The van der Waals surface area contributed by atoms with Crippen molar-refractivity contribution in [2.45, 2.75) is 44.2 Å². The number of benzene rings is 2. The first kappa shape index (κ1) is 22.7. The van der Waals surface area contributed by atoms with Crippen LogP contribution in [-0.2, 0) is 21.4 Å². The lowest BCUT2D eigenvalue weighted by Gasteiger charge is -2.42. The number of aliphatic imine (C=N–C) groups is 1. The van der Waals surface area contributed by atoms with E-state index in [0.717, 1.165) is 64.7 Å². The number of likely N-dealkylation sites (tertiary alicyclic amines) is 1. The first-order valence-electron chi connectivity index (χ1n) is 13.3. The number of aromatic nitrogens is 2. The molecule has 2 aromatic carbocycles. The molecule has 1 aliphatic carbocycles. The van der Waals surface area contributed by atoms with E-state index in [0.29, 0.717) is 26.2 Å². The lowest BCUT2D eigenvalue weighted by molar-refractivity contribution is -0.148. The fourth-order valence-electron chi connectivity index (χ4n) is 6.01. The van der Waals surface area contributed by atoms with Gasteiger partial charge in [0.05, 0.1) is 11.7 Å². The van der Waals surface area contributed by atoms with E-state index in [9.17, 15) is 9.59 Å². The molecule has 1 saturated carbocycles. The zero-order valence-electron chi connectivity index (χ0n) is 21.3. The zero-order chi connectivity index (χ0) is 25.3. The minimum Gasteiger partial charge on any atom is -0.368 e. The van der Waals surface area contributed by atoms with Crippen LogP contribution in [-0.4, -0.2) is 75.1 Å². The van der Waals surface area contributed by atoms with E-state index in [-0.39, 0.29) is 23.8 Å². The Labute approximate surface area is 215 Å². The van der Waals surface area contributed by atoms with Crippen LogP contribution in [0.5, 0.6) is 0 Å². The fourth-order valence-corrected chi connectivity index (χ4v) is 6.01. The highest BCUT2D eigenvalue weighted by Gasteiger charge is 2.58. The molecule has 3 fully saturated rings. The molecule has 4 heterocycles. The predicted molar refractivity (Wildman–Crippen MR) is 140 cm³/mol. The summed E-state index contributed by atoms with van der Waals surface area (Å²) in [6, 6.07) is 12.8. The van der Waals surface area contributed by atoms with Gasteiger partial charge in [0.1, 0.15) is 17.5 Å². The third kappa shape index (κ3) is 3.69. The van der Waals surface area contributed by atoms with E-state index in [1.54, 1.807) is 0 Å². The van der Waals surface area contributed by atoms with Crippen molar-refractivity contribution in [1.82, 2.24) is 19.6 Å². The molecule has 2 amide bonds. The summed E-state index contributed by atoms with van der Waals surface area (Å²) in [5.41, 5.74) is 4.93. The van der Waals surface area contributed by atoms with Crippen molar-refractivity contribution in [1.29, 1.82) is 0 Å². The maximum atomic E-state index is 13.4. The third-order valence-electron chi connectivity index (χ3n) is 8.40. The SMILES string of the molecule is Cc1cc(-c2ccc3c(cnn3C)c2)ccc1C1=NC2(CC2)C(=O)N1CC1CN(C(=O)[C@@H]2CCCO2)C1.